The standard InChI is InChI=1S/C17H15F2NO4S/c1-23-15-8-11(25-2)4-5-12(15)17(22)24-9-16(21)20-14-6-3-10(18)7-13(14)19/h3-8H,9H2,1-2H3,(H,20,21). The number of rotatable bonds is 6. The third-order valence-corrected chi connectivity index (χ3v) is 3.89. The topological polar surface area (TPSA) is 64.6 Å². The summed E-state index contributed by atoms with van der Waals surface area (Å²) in [4.78, 5) is 24.7. The summed E-state index contributed by atoms with van der Waals surface area (Å²) in [6.07, 6.45) is 1.88. The lowest BCUT2D eigenvalue weighted by atomic mass is 10.2. The first-order valence-corrected chi connectivity index (χ1v) is 8.31. The molecule has 0 heterocycles. The van der Waals surface area contributed by atoms with Crippen molar-refractivity contribution in [1.29, 1.82) is 0 Å². The molecule has 5 nitrogen and oxygen atoms in total. The molecule has 0 aliphatic heterocycles. The van der Waals surface area contributed by atoms with Gasteiger partial charge in [0.2, 0.25) is 0 Å². The first-order chi connectivity index (χ1) is 11.9. The highest BCUT2D eigenvalue weighted by Gasteiger charge is 2.16. The summed E-state index contributed by atoms with van der Waals surface area (Å²) in [5, 5.41) is 2.20. The highest BCUT2D eigenvalue weighted by Crippen LogP contribution is 2.26. The molecule has 0 aliphatic carbocycles. The van der Waals surface area contributed by atoms with Crippen LogP contribution >= 0.6 is 11.8 Å². The fourth-order valence-electron chi connectivity index (χ4n) is 1.95. The van der Waals surface area contributed by atoms with Gasteiger partial charge in [0.1, 0.15) is 22.9 Å². The minimum absolute atomic E-state index is 0.168. The van der Waals surface area contributed by atoms with Crippen LogP contribution < -0.4 is 10.1 Å². The van der Waals surface area contributed by atoms with Crippen LogP contribution in [0.4, 0.5) is 14.5 Å². The third-order valence-electron chi connectivity index (χ3n) is 3.17. The second-order valence-corrected chi connectivity index (χ2v) is 5.69. The Labute approximate surface area is 147 Å². The van der Waals surface area contributed by atoms with Crippen LogP contribution in [-0.2, 0) is 9.53 Å². The van der Waals surface area contributed by atoms with Crippen LogP contribution in [0.5, 0.6) is 5.75 Å². The molecular weight excluding hydrogens is 352 g/mol. The van der Waals surface area contributed by atoms with E-state index < -0.39 is 30.1 Å². The second-order valence-electron chi connectivity index (χ2n) is 4.81. The van der Waals surface area contributed by atoms with Gasteiger partial charge in [-0.05, 0) is 36.6 Å². The Kier molecular flexibility index (Phi) is 6.35. The Bertz CT molecular complexity index is 798. The zero-order chi connectivity index (χ0) is 18.4. The smallest absolute Gasteiger partial charge is 0.342 e. The lowest BCUT2D eigenvalue weighted by Gasteiger charge is -2.10. The summed E-state index contributed by atoms with van der Waals surface area (Å²) in [6, 6.07) is 7.65. The van der Waals surface area contributed by atoms with E-state index in [0.29, 0.717) is 11.8 Å². The number of benzene rings is 2. The molecule has 2 rings (SSSR count). The quantitative estimate of drug-likeness (QED) is 0.625. The molecule has 0 aromatic heterocycles. The Hall–Kier alpha value is -2.61. The van der Waals surface area contributed by atoms with E-state index in [1.54, 1.807) is 12.1 Å². The minimum Gasteiger partial charge on any atom is -0.496 e. The van der Waals surface area contributed by atoms with Gasteiger partial charge in [0.15, 0.2) is 6.61 Å². The predicted octanol–water partition coefficient (Wildman–Crippen LogP) is 3.49. The number of hydrogen-bond acceptors (Lipinski definition) is 5. The number of carbonyl (C=O) groups excluding carboxylic acids is 2. The summed E-state index contributed by atoms with van der Waals surface area (Å²) >= 11 is 1.48. The van der Waals surface area contributed by atoms with Crippen LogP contribution in [0, 0.1) is 11.6 Å². The van der Waals surface area contributed by atoms with E-state index in [-0.39, 0.29) is 11.3 Å². The number of esters is 1. The van der Waals surface area contributed by atoms with E-state index in [1.165, 1.54) is 24.9 Å². The lowest BCUT2D eigenvalue weighted by molar-refractivity contribution is -0.119. The Morgan fingerprint density at radius 1 is 1.16 bits per heavy atom. The molecule has 0 unspecified atom stereocenters. The third kappa shape index (κ3) is 4.93. The molecule has 0 atom stereocenters. The van der Waals surface area contributed by atoms with Gasteiger partial charge in [-0.3, -0.25) is 4.79 Å². The molecule has 1 amide bonds. The molecular formula is C17H15F2NO4S. The zero-order valence-electron chi connectivity index (χ0n) is 13.5. The van der Waals surface area contributed by atoms with Crippen LogP contribution in [0.15, 0.2) is 41.3 Å². The van der Waals surface area contributed by atoms with Crippen LogP contribution in [-0.4, -0.2) is 31.8 Å². The molecule has 2 aromatic rings. The lowest BCUT2D eigenvalue weighted by Crippen LogP contribution is -2.21. The molecule has 0 radical (unpaired) electrons. The van der Waals surface area contributed by atoms with Gasteiger partial charge in [0, 0.05) is 11.0 Å². The average Bonchev–Trinajstić information content (AvgIpc) is 2.61. The number of hydrogen-bond donors (Lipinski definition) is 1. The minimum atomic E-state index is -0.922. The van der Waals surface area contributed by atoms with Crippen LogP contribution in [0.25, 0.3) is 0 Å². The number of anilines is 1. The van der Waals surface area contributed by atoms with Crippen molar-refractivity contribution in [2.24, 2.45) is 0 Å². The molecule has 0 saturated heterocycles. The van der Waals surface area contributed by atoms with E-state index in [2.05, 4.69) is 5.32 Å². The first-order valence-electron chi connectivity index (χ1n) is 7.08. The van der Waals surface area contributed by atoms with Crippen LogP contribution in [0.3, 0.4) is 0 Å². The fraction of sp³-hybridized carbons (Fsp3) is 0.176. The monoisotopic (exact) mass is 367 g/mol. The number of thioether (sulfide) groups is 1. The predicted molar refractivity (Wildman–Crippen MR) is 90.0 cm³/mol. The maximum Gasteiger partial charge on any atom is 0.342 e. The Morgan fingerprint density at radius 2 is 1.92 bits per heavy atom. The van der Waals surface area contributed by atoms with Gasteiger partial charge in [0.05, 0.1) is 12.8 Å². The van der Waals surface area contributed by atoms with Gasteiger partial charge in [-0.1, -0.05) is 0 Å². The number of methoxy groups -OCH3 is 1. The van der Waals surface area contributed by atoms with Gasteiger partial charge < -0.3 is 14.8 Å². The van der Waals surface area contributed by atoms with Gasteiger partial charge >= 0.3 is 5.97 Å². The molecule has 132 valence electrons. The summed E-state index contributed by atoms with van der Waals surface area (Å²) in [5.41, 5.74) is -0.0367. The molecule has 2 aromatic carbocycles. The summed E-state index contributed by atoms with van der Waals surface area (Å²) < 4.78 is 36.3. The molecule has 25 heavy (non-hydrogen) atoms. The van der Waals surface area contributed by atoms with E-state index in [1.807, 2.05) is 6.26 Å². The van der Waals surface area contributed by atoms with Crippen molar-refractivity contribution in [3.8, 4) is 5.75 Å². The number of nitrogens with one attached hydrogen (secondary N) is 1. The largest absolute Gasteiger partial charge is 0.496 e. The summed E-state index contributed by atoms with van der Waals surface area (Å²) in [6.45, 7) is -0.622. The van der Waals surface area contributed by atoms with E-state index in [4.69, 9.17) is 9.47 Å². The molecule has 0 bridgehead atoms. The second kappa shape index (κ2) is 8.48. The highest BCUT2D eigenvalue weighted by molar-refractivity contribution is 7.98. The zero-order valence-corrected chi connectivity index (χ0v) is 14.3. The average molecular weight is 367 g/mol. The Morgan fingerprint density at radius 3 is 2.56 bits per heavy atom. The van der Waals surface area contributed by atoms with E-state index in [0.717, 1.165) is 17.0 Å². The van der Waals surface area contributed by atoms with Gasteiger partial charge in [-0.2, -0.15) is 0 Å². The van der Waals surface area contributed by atoms with Crippen molar-refractivity contribution < 1.29 is 27.8 Å². The maximum atomic E-state index is 13.5. The molecule has 0 saturated carbocycles. The van der Waals surface area contributed by atoms with Crippen molar-refractivity contribution in [3.05, 3.63) is 53.6 Å². The number of ether oxygens (including phenoxy) is 2. The van der Waals surface area contributed by atoms with Gasteiger partial charge in [-0.15, -0.1) is 11.8 Å². The SMILES string of the molecule is COc1cc(SC)ccc1C(=O)OCC(=O)Nc1ccc(F)cc1F. The van der Waals surface area contributed by atoms with Crippen molar-refractivity contribution in [1.82, 2.24) is 0 Å². The van der Waals surface area contributed by atoms with E-state index in [9.17, 15) is 18.4 Å². The normalized spacial score (nSPS) is 10.2. The highest BCUT2D eigenvalue weighted by atomic mass is 32.2. The van der Waals surface area contributed by atoms with Crippen LogP contribution in [0.1, 0.15) is 10.4 Å². The van der Waals surface area contributed by atoms with Gasteiger partial charge in [-0.25, -0.2) is 13.6 Å². The molecule has 0 fully saturated rings. The van der Waals surface area contributed by atoms with Crippen LogP contribution in [0.2, 0.25) is 0 Å². The number of carbonyl (C=O) groups is 2. The fourth-order valence-corrected chi connectivity index (χ4v) is 2.38. The van der Waals surface area contributed by atoms with Crippen molar-refractivity contribution in [3.63, 3.8) is 0 Å². The van der Waals surface area contributed by atoms with E-state index >= 15 is 0 Å². The molecule has 0 spiro atoms. The molecule has 0 aliphatic rings. The Balaban J connectivity index is 1.98. The summed E-state index contributed by atoms with van der Waals surface area (Å²) in [5.74, 6) is -2.86. The van der Waals surface area contributed by atoms with Crippen molar-refractivity contribution in [2.75, 3.05) is 25.3 Å². The first kappa shape index (κ1) is 18.7. The summed E-state index contributed by atoms with van der Waals surface area (Å²) in [7, 11) is 1.42. The number of amides is 1. The van der Waals surface area contributed by atoms with Gasteiger partial charge in [0.25, 0.3) is 5.91 Å². The molecule has 8 heteroatoms. The maximum absolute atomic E-state index is 13.5. The van der Waals surface area contributed by atoms with Crippen molar-refractivity contribution >= 4 is 29.3 Å². The molecule has 1 N–H and O–H groups in total. The van der Waals surface area contributed by atoms with Crippen molar-refractivity contribution in [2.45, 2.75) is 4.90 Å². The number of halogens is 2.